The number of amides is 6. The van der Waals surface area contributed by atoms with E-state index in [0.29, 0.717) is 36.8 Å². The number of carbonyl (C=O) groups excluding carboxylic acids is 4. The SMILES string of the molecule is CN(C(=O)O)[C@H](C(=O)N1CCC[C@@]1(C(N)=O)c1ccc([C@H]2CC[C@H](c3ccc([C@]4(C(N)=O)CCCN4C(=O)[C@@H](N(C)C(=O)O)C(C)(C)C)cc3)N2c2ccc(S(C)(=O)=O)cc2)cc1)C(C)(C)C. The zero-order valence-electron chi connectivity index (χ0n) is 39.9. The molecule has 6 N–H and O–H groups in total. The van der Waals surface area contributed by atoms with Gasteiger partial charge < -0.3 is 36.4 Å². The molecule has 0 radical (unpaired) electrons. The summed E-state index contributed by atoms with van der Waals surface area (Å²) in [5.41, 5.74) is 11.2. The van der Waals surface area contributed by atoms with Crippen molar-refractivity contribution in [1.82, 2.24) is 19.6 Å². The maximum absolute atomic E-state index is 14.4. The molecule has 3 aliphatic heterocycles. The van der Waals surface area contributed by atoms with Crippen molar-refractivity contribution in [2.45, 2.75) is 120 Å². The highest BCUT2D eigenvalue weighted by atomic mass is 32.2. The molecule has 0 spiro atoms. The van der Waals surface area contributed by atoms with Crippen LogP contribution >= 0.6 is 0 Å². The lowest BCUT2D eigenvalue weighted by Crippen LogP contribution is -2.61. The first kappa shape index (κ1) is 50.2. The Morgan fingerprint density at radius 2 is 0.970 bits per heavy atom. The molecule has 3 aromatic carbocycles. The van der Waals surface area contributed by atoms with E-state index in [9.17, 15) is 47.4 Å². The van der Waals surface area contributed by atoms with Crippen LogP contribution in [0.5, 0.6) is 0 Å². The van der Waals surface area contributed by atoms with Gasteiger partial charge in [0.1, 0.15) is 23.2 Å². The van der Waals surface area contributed by atoms with Crippen LogP contribution in [0, 0.1) is 10.8 Å². The fourth-order valence-electron chi connectivity index (χ4n) is 11.0. The highest BCUT2D eigenvalue weighted by molar-refractivity contribution is 7.90. The van der Waals surface area contributed by atoms with Crippen molar-refractivity contribution in [3.05, 3.63) is 95.1 Å². The molecule has 6 amide bonds. The molecule has 67 heavy (non-hydrogen) atoms. The predicted octanol–water partition coefficient (Wildman–Crippen LogP) is 5.83. The second kappa shape index (κ2) is 18.1. The first-order valence-corrected chi connectivity index (χ1v) is 24.4. The van der Waals surface area contributed by atoms with E-state index in [-0.39, 0.29) is 42.9 Å². The molecule has 0 unspecified atom stereocenters. The van der Waals surface area contributed by atoms with Crippen LogP contribution in [0.15, 0.2) is 77.7 Å². The van der Waals surface area contributed by atoms with Gasteiger partial charge in [-0.3, -0.25) is 29.0 Å². The number of primary amides is 2. The highest BCUT2D eigenvalue weighted by Crippen LogP contribution is 2.49. The van der Waals surface area contributed by atoms with Crippen LogP contribution in [0.4, 0.5) is 15.3 Å². The van der Waals surface area contributed by atoms with Gasteiger partial charge in [-0.1, -0.05) is 90.1 Å². The zero-order valence-corrected chi connectivity index (χ0v) is 40.7. The quantitative estimate of drug-likeness (QED) is 0.168. The topological polar surface area (TPSA) is 245 Å². The molecular formula is C49H65N7O10S. The fraction of sp³-hybridized carbons (Fsp3) is 0.510. The minimum Gasteiger partial charge on any atom is -0.465 e. The Labute approximate surface area is 393 Å². The van der Waals surface area contributed by atoms with Gasteiger partial charge in [-0.05, 0) is 95.9 Å². The van der Waals surface area contributed by atoms with Gasteiger partial charge in [0.25, 0.3) is 0 Å². The number of carbonyl (C=O) groups is 6. The van der Waals surface area contributed by atoms with Crippen molar-refractivity contribution in [3.8, 4) is 0 Å². The lowest BCUT2D eigenvalue weighted by molar-refractivity contribution is -0.150. The van der Waals surface area contributed by atoms with Crippen molar-refractivity contribution >= 4 is 51.3 Å². The molecule has 0 saturated carbocycles. The highest BCUT2D eigenvalue weighted by Gasteiger charge is 2.55. The van der Waals surface area contributed by atoms with Gasteiger partial charge in [0, 0.05) is 39.1 Å². The van der Waals surface area contributed by atoms with Gasteiger partial charge in [0.05, 0.1) is 17.0 Å². The van der Waals surface area contributed by atoms with E-state index >= 15 is 0 Å². The minimum absolute atomic E-state index is 0.156. The molecule has 3 fully saturated rings. The standard InChI is InChI=1S/C49H65N7O10S/c1-46(2,3)38(52(7)44(61)62)40(57)54-28-10-26-48(54,42(50)59)32-16-12-30(13-17-32)36-24-25-37(56(36)34-20-22-35(23-21-34)67(9,65)66)31-14-18-33(19-15-31)49(43(51)60)27-11-29-55(49)41(58)39(47(4,5)6)53(8)45(63)64/h12-23,36-39H,10-11,24-29H2,1-9H3,(H2,50,59)(H2,51,60)(H,61,62)(H,63,64)/t36-,37-,38-,39-,48+,49+/m1/s1. The van der Waals surface area contributed by atoms with E-state index in [1.54, 1.807) is 90.1 Å². The minimum atomic E-state index is -3.51. The van der Waals surface area contributed by atoms with Crippen LogP contribution in [0.1, 0.15) is 114 Å². The number of likely N-dealkylation sites (N-methyl/N-ethyl adjacent to an activating group) is 2. The van der Waals surface area contributed by atoms with Crippen LogP contribution in [-0.4, -0.2) is 120 Å². The summed E-state index contributed by atoms with van der Waals surface area (Å²) < 4.78 is 25.0. The van der Waals surface area contributed by atoms with Gasteiger partial charge in [-0.2, -0.15) is 0 Å². The van der Waals surface area contributed by atoms with Gasteiger partial charge >= 0.3 is 12.2 Å². The molecule has 0 aromatic heterocycles. The second-order valence-electron chi connectivity index (χ2n) is 20.5. The molecule has 6 rings (SSSR count). The summed E-state index contributed by atoms with van der Waals surface area (Å²) in [6, 6.07) is 18.7. The van der Waals surface area contributed by atoms with Crippen molar-refractivity contribution in [3.63, 3.8) is 0 Å². The van der Waals surface area contributed by atoms with Gasteiger partial charge in [-0.15, -0.1) is 0 Å². The Morgan fingerprint density at radius 1 is 0.627 bits per heavy atom. The molecule has 6 atom stereocenters. The smallest absolute Gasteiger partial charge is 0.407 e. The second-order valence-corrected chi connectivity index (χ2v) is 22.5. The summed E-state index contributed by atoms with van der Waals surface area (Å²) in [5, 5.41) is 19.8. The van der Waals surface area contributed by atoms with Crippen LogP contribution in [0.3, 0.4) is 0 Å². The fourth-order valence-corrected chi connectivity index (χ4v) is 11.7. The third kappa shape index (κ3) is 9.03. The number of nitrogens with two attached hydrogens (primary N) is 2. The maximum atomic E-state index is 14.4. The number of sulfone groups is 1. The number of rotatable bonds is 12. The van der Waals surface area contributed by atoms with Crippen LogP contribution in [0.25, 0.3) is 0 Å². The molecule has 3 saturated heterocycles. The molecule has 0 aliphatic carbocycles. The molecule has 18 heteroatoms. The molecule has 0 bridgehead atoms. The summed E-state index contributed by atoms with van der Waals surface area (Å²) in [4.78, 5) is 87.4. The number of nitrogens with zero attached hydrogens (tertiary/aromatic N) is 5. The molecule has 3 aromatic rings. The third-order valence-electron chi connectivity index (χ3n) is 14.1. The Balaban J connectivity index is 1.38. The average molecular weight is 944 g/mol. The first-order chi connectivity index (χ1) is 31.1. The Hall–Kier alpha value is -6.17. The third-order valence-corrected chi connectivity index (χ3v) is 15.2. The van der Waals surface area contributed by atoms with Gasteiger partial charge in [-0.25, -0.2) is 18.0 Å². The molecule has 362 valence electrons. The number of carboxylic acid groups (broad SMARTS) is 2. The van der Waals surface area contributed by atoms with E-state index in [1.807, 2.05) is 24.3 Å². The summed E-state index contributed by atoms with van der Waals surface area (Å²) in [6.45, 7) is 11.0. The van der Waals surface area contributed by atoms with Gasteiger partial charge in [0.15, 0.2) is 9.84 Å². The van der Waals surface area contributed by atoms with Crippen molar-refractivity contribution in [2.75, 3.05) is 38.3 Å². The van der Waals surface area contributed by atoms with Crippen molar-refractivity contribution in [2.24, 2.45) is 22.3 Å². The van der Waals surface area contributed by atoms with Crippen LogP contribution < -0.4 is 16.4 Å². The Bertz CT molecular complexity index is 2380. The van der Waals surface area contributed by atoms with Gasteiger partial charge in [0.2, 0.25) is 23.6 Å². The van der Waals surface area contributed by atoms with E-state index in [2.05, 4.69) is 4.90 Å². The van der Waals surface area contributed by atoms with E-state index in [0.717, 1.165) is 32.9 Å². The molecular weight excluding hydrogens is 879 g/mol. The number of anilines is 1. The number of likely N-dealkylation sites (tertiary alicyclic amines) is 2. The summed E-state index contributed by atoms with van der Waals surface area (Å²) >= 11 is 0. The van der Waals surface area contributed by atoms with Crippen molar-refractivity contribution in [1.29, 1.82) is 0 Å². The van der Waals surface area contributed by atoms with E-state index in [4.69, 9.17) is 11.5 Å². The lowest BCUT2D eigenvalue weighted by Gasteiger charge is -2.43. The first-order valence-electron chi connectivity index (χ1n) is 22.5. The van der Waals surface area contributed by atoms with Crippen LogP contribution in [0.2, 0.25) is 0 Å². The predicted molar refractivity (Wildman–Crippen MR) is 251 cm³/mol. The van der Waals surface area contributed by atoms with E-state index < -0.39 is 79.6 Å². The zero-order chi connectivity index (χ0) is 49.8. The Morgan fingerprint density at radius 3 is 1.25 bits per heavy atom. The normalized spacial score (nSPS) is 23.1. The number of benzene rings is 3. The monoisotopic (exact) mass is 943 g/mol. The van der Waals surface area contributed by atoms with Crippen molar-refractivity contribution < 1.29 is 47.4 Å². The summed E-state index contributed by atoms with van der Waals surface area (Å²) in [6.07, 6.45) is 1.34. The maximum Gasteiger partial charge on any atom is 0.407 e. The van der Waals surface area contributed by atoms with Crippen LogP contribution in [-0.2, 0) is 40.1 Å². The Kier molecular flexibility index (Phi) is 13.6. The molecule has 3 heterocycles. The number of hydrogen-bond donors (Lipinski definition) is 4. The molecule has 3 aliphatic rings. The summed E-state index contributed by atoms with van der Waals surface area (Å²) in [5.74, 6) is -2.47. The molecule has 17 nitrogen and oxygen atoms in total. The average Bonchev–Trinajstić information content (AvgIpc) is 4.01. The number of hydrogen-bond acceptors (Lipinski definition) is 9. The largest absolute Gasteiger partial charge is 0.465 e. The lowest BCUT2D eigenvalue weighted by atomic mass is 9.81. The summed E-state index contributed by atoms with van der Waals surface area (Å²) in [7, 11) is -0.825. The van der Waals surface area contributed by atoms with E-state index in [1.165, 1.54) is 23.9 Å².